The normalized spacial score (nSPS) is 26.4. The summed E-state index contributed by atoms with van der Waals surface area (Å²) in [6.45, 7) is 0.565. The third-order valence-corrected chi connectivity index (χ3v) is 5.04. The molecular formula is C18H15ClN2O. The molecule has 0 radical (unpaired) electrons. The SMILES string of the molecule is O=C1c2ccccc2CC[C@]12N=NC[C@H]2c1ccc(Cl)cc1. The minimum absolute atomic E-state index is 0.00521. The zero-order valence-electron chi connectivity index (χ0n) is 12.0. The van der Waals surface area contributed by atoms with Gasteiger partial charge in [-0.3, -0.25) is 4.79 Å². The van der Waals surface area contributed by atoms with Gasteiger partial charge in [0, 0.05) is 16.5 Å². The predicted molar refractivity (Wildman–Crippen MR) is 85.7 cm³/mol. The maximum absolute atomic E-state index is 13.1. The summed E-state index contributed by atoms with van der Waals surface area (Å²) < 4.78 is 0. The monoisotopic (exact) mass is 310 g/mol. The first kappa shape index (κ1) is 13.6. The molecule has 0 aromatic heterocycles. The fourth-order valence-electron chi connectivity index (χ4n) is 3.61. The van der Waals surface area contributed by atoms with Crippen molar-refractivity contribution in [3.63, 3.8) is 0 Å². The van der Waals surface area contributed by atoms with E-state index in [0.29, 0.717) is 11.6 Å². The number of halogens is 1. The van der Waals surface area contributed by atoms with Crippen molar-refractivity contribution in [2.45, 2.75) is 24.3 Å². The van der Waals surface area contributed by atoms with E-state index < -0.39 is 5.54 Å². The van der Waals surface area contributed by atoms with Crippen molar-refractivity contribution in [3.05, 3.63) is 70.2 Å². The van der Waals surface area contributed by atoms with Gasteiger partial charge in [0.15, 0.2) is 11.3 Å². The Kier molecular flexibility index (Phi) is 3.12. The van der Waals surface area contributed by atoms with Crippen LogP contribution in [0.25, 0.3) is 0 Å². The van der Waals surface area contributed by atoms with Gasteiger partial charge in [-0.25, -0.2) is 0 Å². The van der Waals surface area contributed by atoms with E-state index in [2.05, 4.69) is 10.2 Å². The molecule has 2 atom stereocenters. The Morgan fingerprint density at radius 2 is 1.86 bits per heavy atom. The zero-order chi connectivity index (χ0) is 15.2. The Hall–Kier alpha value is -2.00. The third kappa shape index (κ3) is 1.92. The van der Waals surface area contributed by atoms with E-state index in [4.69, 9.17) is 11.6 Å². The van der Waals surface area contributed by atoms with E-state index in [9.17, 15) is 4.79 Å². The van der Waals surface area contributed by atoms with Crippen LogP contribution < -0.4 is 0 Å². The fraction of sp³-hybridized carbons (Fsp3) is 0.278. The van der Waals surface area contributed by atoms with Crippen LogP contribution in [-0.4, -0.2) is 17.9 Å². The largest absolute Gasteiger partial charge is 0.291 e. The molecule has 1 heterocycles. The number of azo groups is 1. The molecule has 2 aliphatic rings. The van der Waals surface area contributed by atoms with Crippen molar-refractivity contribution in [2.75, 3.05) is 6.54 Å². The van der Waals surface area contributed by atoms with E-state index in [0.717, 1.165) is 29.5 Å². The van der Waals surface area contributed by atoms with Crippen LogP contribution in [0.2, 0.25) is 5.02 Å². The van der Waals surface area contributed by atoms with Crippen molar-refractivity contribution >= 4 is 17.4 Å². The summed E-state index contributed by atoms with van der Waals surface area (Å²) in [6.07, 6.45) is 1.59. The van der Waals surface area contributed by atoms with Crippen LogP contribution in [0.4, 0.5) is 0 Å². The van der Waals surface area contributed by atoms with Gasteiger partial charge in [-0.05, 0) is 36.1 Å². The molecule has 2 aromatic rings. The van der Waals surface area contributed by atoms with Crippen molar-refractivity contribution in [1.82, 2.24) is 0 Å². The lowest BCUT2D eigenvalue weighted by atomic mass is 9.68. The second-order valence-electron chi connectivity index (χ2n) is 5.94. The van der Waals surface area contributed by atoms with E-state index in [-0.39, 0.29) is 11.7 Å². The molecule has 0 fully saturated rings. The summed E-state index contributed by atoms with van der Waals surface area (Å²) in [5.74, 6) is 0.112. The van der Waals surface area contributed by atoms with Crippen LogP contribution in [-0.2, 0) is 6.42 Å². The van der Waals surface area contributed by atoms with E-state index in [1.807, 2.05) is 48.5 Å². The number of aryl methyl sites for hydroxylation is 1. The molecule has 110 valence electrons. The summed E-state index contributed by atoms with van der Waals surface area (Å²) in [7, 11) is 0. The molecule has 22 heavy (non-hydrogen) atoms. The molecule has 0 amide bonds. The molecule has 3 nitrogen and oxygen atoms in total. The number of hydrogen-bond acceptors (Lipinski definition) is 3. The Morgan fingerprint density at radius 3 is 2.68 bits per heavy atom. The van der Waals surface area contributed by atoms with E-state index >= 15 is 0 Å². The lowest BCUT2D eigenvalue weighted by molar-refractivity contribution is 0.0853. The molecule has 4 heteroatoms. The van der Waals surface area contributed by atoms with E-state index in [1.165, 1.54) is 0 Å². The van der Waals surface area contributed by atoms with Crippen LogP contribution in [0.1, 0.15) is 33.8 Å². The highest BCUT2D eigenvalue weighted by atomic mass is 35.5. The maximum Gasteiger partial charge on any atom is 0.193 e. The molecule has 0 unspecified atom stereocenters. The summed E-state index contributed by atoms with van der Waals surface area (Å²) in [6, 6.07) is 15.5. The highest BCUT2D eigenvalue weighted by Gasteiger charge is 2.51. The Labute approximate surface area is 134 Å². The molecule has 0 bridgehead atoms. The van der Waals surface area contributed by atoms with Crippen LogP contribution >= 0.6 is 11.6 Å². The minimum Gasteiger partial charge on any atom is -0.291 e. The number of benzene rings is 2. The number of hydrogen-bond donors (Lipinski definition) is 0. The average molecular weight is 311 g/mol. The summed E-state index contributed by atoms with van der Waals surface area (Å²) in [5, 5.41) is 9.36. The highest BCUT2D eigenvalue weighted by molar-refractivity contribution is 6.30. The zero-order valence-corrected chi connectivity index (χ0v) is 12.8. The van der Waals surface area contributed by atoms with Gasteiger partial charge < -0.3 is 0 Å². The van der Waals surface area contributed by atoms with Gasteiger partial charge in [0.05, 0.1) is 6.54 Å². The predicted octanol–water partition coefficient (Wildman–Crippen LogP) is 4.46. The van der Waals surface area contributed by atoms with Gasteiger partial charge >= 0.3 is 0 Å². The number of rotatable bonds is 1. The molecule has 0 saturated carbocycles. The Bertz CT molecular complexity index is 769. The summed E-state index contributed by atoms with van der Waals surface area (Å²) in [4.78, 5) is 13.1. The number of fused-ring (bicyclic) bond motifs is 1. The summed E-state index contributed by atoms with van der Waals surface area (Å²) in [5.41, 5.74) is 2.27. The standard InChI is InChI=1S/C18H15ClN2O/c19-14-7-5-13(6-8-14)16-11-20-21-18(16)10-9-12-3-1-2-4-15(12)17(18)22/h1-8,16H,9-11H2/t16-,18+/m0/s1. The Morgan fingerprint density at radius 1 is 1.09 bits per heavy atom. The second-order valence-corrected chi connectivity index (χ2v) is 6.38. The second kappa shape index (κ2) is 5.03. The van der Waals surface area contributed by atoms with Crippen LogP contribution in [0.15, 0.2) is 58.8 Å². The van der Waals surface area contributed by atoms with Crippen LogP contribution in [0.5, 0.6) is 0 Å². The summed E-state index contributed by atoms with van der Waals surface area (Å²) >= 11 is 5.98. The molecule has 4 rings (SSSR count). The van der Waals surface area contributed by atoms with Gasteiger partial charge in [-0.15, -0.1) is 0 Å². The Balaban J connectivity index is 1.78. The van der Waals surface area contributed by atoms with Gasteiger partial charge in [-0.1, -0.05) is 48.0 Å². The van der Waals surface area contributed by atoms with Crippen molar-refractivity contribution in [3.8, 4) is 0 Å². The van der Waals surface area contributed by atoms with Gasteiger partial charge in [0.25, 0.3) is 0 Å². The first-order chi connectivity index (χ1) is 10.7. The van der Waals surface area contributed by atoms with Crippen molar-refractivity contribution in [1.29, 1.82) is 0 Å². The molecule has 1 spiro atoms. The van der Waals surface area contributed by atoms with Gasteiger partial charge in [0.1, 0.15) is 0 Å². The fourth-order valence-corrected chi connectivity index (χ4v) is 3.73. The smallest absolute Gasteiger partial charge is 0.193 e. The molecule has 1 aliphatic carbocycles. The highest BCUT2D eigenvalue weighted by Crippen LogP contribution is 2.45. The molecule has 0 saturated heterocycles. The first-order valence-electron chi connectivity index (χ1n) is 7.47. The third-order valence-electron chi connectivity index (χ3n) is 4.79. The first-order valence-corrected chi connectivity index (χ1v) is 7.85. The molecule has 0 N–H and O–H groups in total. The van der Waals surface area contributed by atoms with Gasteiger partial charge in [0.2, 0.25) is 0 Å². The van der Waals surface area contributed by atoms with Crippen LogP contribution in [0, 0.1) is 0 Å². The molecule has 2 aromatic carbocycles. The number of nitrogens with zero attached hydrogens (tertiary/aromatic N) is 2. The van der Waals surface area contributed by atoms with Crippen molar-refractivity contribution in [2.24, 2.45) is 10.2 Å². The number of ketones is 1. The molecule has 1 aliphatic heterocycles. The van der Waals surface area contributed by atoms with Crippen molar-refractivity contribution < 1.29 is 4.79 Å². The lowest BCUT2D eigenvalue weighted by Gasteiger charge is -2.34. The van der Waals surface area contributed by atoms with Gasteiger partial charge in [-0.2, -0.15) is 10.2 Å². The average Bonchev–Trinajstić information content (AvgIpc) is 2.97. The number of carbonyl (C=O) groups is 1. The lowest BCUT2D eigenvalue weighted by Crippen LogP contribution is -2.44. The van der Waals surface area contributed by atoms with E-state index in [1.54, 1.807) is 0 Å². The van der Waals surface area contributed by atoms with Crippen LogP contribution in [0.3, 0.4) is 0 Å². The quantitative estimate of drug-likeness (QED) is 0.767. The topological polar surface area (TPSA) is 41.8 Å². The number of carbonyl (C=O) groups excluding carboxylic acids is 1. The number of Topliss-reactive ketones (excluding diaryl/α,β-unsaturated/α-hetero) is 1. The molecular weight excluding hydrogens is 296 g/mol. The minimum atomic E-state index is -0.734. The maximum atomic E-state index is 13.1.